The Balaban J connectivity index is 1.57. The SMILES string of the molecule is CC(NC(=O)c1cn[nH]c1-c1ccc(Cl)cc1)c1cc2ccccc2o1. The summed E-state index contributed by atoms with van der Waals surface area (Å²) in [4.78, 5) is 12.7. The number of carbonyl (C=O) groups excluding carboxylic acids is 1. The minimum atomic E-state index is -0.275. The number of para-hydroxylation sites is 1. The van der Waals surface area contributed by atoms with Crippen LogP contribution in [0, 0.1) is 0 Å². The first kappa shape index (κ1) is 16.4. The summed E-state index contributed by atoms with van der Waals surface area (Å²) in [6.45, 7) is 1.89. The number of hydrogen-bond donors (Lipinski definition) is 2. The fourth-order valence-electron chi connectivity index (χ4n) is 2.86. The Hall–Kier alpha value is -3.05. The summed E-state index contributed by atoms with van der Waals surface area (Å²) in [6.07, 6.45) is 1.52. The number of benzene rings is 2. The van der Waals surface area contributed by atoms with Crippen molar-refractivity contribution in [1.82, 2.24) is 15.5 Å². The summed E-state index contributed by atoms with van der Waals surface area (Å²) in [5.41, 5.74) is 2.76. The largest absolute Gasteiger partial charge is 0.459 e. The smallest absolute Gasteiger partial charge is 0.255 e. The maximum atomic E-state index is 12.7. The first-order valence-corrected chi connectivity index (χ1v) is 8.58. The van der Waals surface area contributed by atoms with Crippen LogP contribution in [0.25, 0.3) is 22.2 Å². The lowest BCUT2D eigenvalue weighted by Gasteiger charge is -2.11. The van der Waals surface area contributed by atoms with Crippen LogP contribution in [-0.4, -0.2) is 16.1 Å². The van der Waals surface area contributed by atoms with Crippen molar-refractivity contribution in [3.8, 4) is 11.3 Å². The van der Waals surface area contributed by atoms with E-state index in [2.05, 4.69) is 15.5 Å². The molecule has 1 atom stereocenters. The summed E-state index contributed by atoms with van der Waals surface area (Å²) < 4.78 is 5.82. The molecule has 1 unspecified atom stereocenters. The quantitative estimate of drug-likeness (QED) is 0.536. The minimum absolute atomic E-state index is 0.225. The Kier molecular flexibility index (Phi) is 4.22. The third-order valence-electron chi connectivity index (χ3n) is 4.24. The molecule has 0 fully saturated rings. The molecule has 130 valence electrons. The van der Waals surface area contributed by atoms with Crippen molar-refractivity contribution in [3.63, 3.8) is 0 Å². The van der Waals surface area contributed by atoms with Gasteiger partial charge < -0.3 is 9.73 Å². The summed E-state index contributed by atoms with van der Waals surface area (Å²) >= 11 is 5.93. The van der Waals surface area contributed by atoms with Gasteiger partial charge in [0.15, 0.2) is 0 Å². The number of furan rings is 1. The van der Waals surface area contributed by atoms with Crippen LogP contribution in [-0.2, 0) is 0 Å². The Morgan fingerprint density at radius 2 is 1.96 bits per heavy atom. The van der Waals surface area contributed by atoms with E-state index in [0.29, 0.717) is 22.0 Å². The summed E-state index contributed by atoms with van der Waals surface area (Å²) in [5.74, 6) is 0.479. The molecular weight excluding hydrogens is 350 g/mol. The molecule has 5 nitrogen and oxygen atoms in total. The second kappa shape index (κ2) is 6.69. The maximum absolute atomic E-state index is 12.7. The average molecular weight is 366 g/mol. The molecule has 4 aromatic rings. The van der Waals surface area contributed by atoms with Gasteiger partial charge in [0.2, 0.25) is 0 Å². The van der Waals surface area contributed by atoms with Crippen molar-refractivity contribution in [2.45, 2.75) is 13.0 Å². The molecule has 0 aliphatic carbocycles. The second-order valence-electron chi connectivity index (χ2n) is 6.05. The van der Waals surface area contributed by atoms with Gasteiger partial charge in [-0.2, -0.15) is 5.10 Å². The molecule has 2 aromatic heterocycles. The van der Waals surface area contributed by atoms with Crippen LogP contribution < -0.4 is 5.32 Å². The fraction of sp³-hybridized carbons (Fsp3) is 0.100. The van der Waals surface area contributed by atoms with Crippen molar-refractivity contribution in [3.05, 3.63) is 77.1 Å². The fourth-order valence-corrected chi connectivity index (χ4v) is 2.98. The lowest BCUT2D eigenvalue weighted by molar-refractivity contribution is 0.0936. The lowest BCUT2D eigenvalue weighted by atomic mass is 10.1. The zero-order chi connectivity index (χ0) is 18.1. The Morgan fingerprint density at radius 1 is 1.19 bits per heavy atom. The molecule has 2 heterocycles. The normalized spacial score (nSPS) is 12.2. The molecule has 0 aliphatic rings. The van der Waals surface area contributed by atoms with E-state index < -0.39 is 0 Å². The molecule has 1 amide bonds. The number of nitrogens with one attached hydrogen (secondary N) is 2. The van der Waals surface area contributed by atoms with Gasteiger partial charge in [-0.3, -0.25) is 9.89 Å². The standard InChI is InChI=1S/C20H16ClN3O2/c1-12(18-10-14-4-2-3-5-17(14)26-18)23-20(25)16-11-22-24-19(16)13-6-8-15(21)9-7-13/h2-12H,1H3,(H,22,24)(H,23,25). The third-order valence-corrected chi connectivity index (χ3v) is 4.49. The summed E-state index contributed by atoms with van der Waals surface area (Å²) in [5, 5.41) is 11.5. The highest BCUT2D eigenvalue weighted by Gasteiger charge is 2.19. The highest BCUT2D eigenvalue weighted by molar-refractivity contribution is 6.30. The molecule has 0 saturated heterocycles. The zero-order valence-corrected chi connectivity index (χ0v) is 14.7. The molecule has 6 heteroatoms. The van der Waals surface area contributed by atoms with Crippen LogP contribution >= 0.6 is 11.6 Å². The van der Waals surface area contributed by atoms with E-state index >= 15 is 0 Å². The summed E-state index contributed by atoms with van der Waals surface area (Å²) in [7, 11) is 0. The minimum Gasteiger partial charge on any atom is -0.459 e. The average Bonchev–Trinajstić information content (AvgIpc) is 3.29. The van der Waals surface area contributed by atoms with Gasteiger partial charge in [-0.25, -0.2) is 0 Å². The predicted octanol–water partition coefficient (Wildman–Crippen LogP) is 4.97. The van der Waals surface area contributed by atoms with E-state index in [1.54, 1.807) is 12.1 Å². The van der Waals surface area contributed by atoms with Gasteiger partial charge in [-0.05, 0) is 31.2 Å². The van der Waals surface area contributed by atoms with E-state index in [1.807, 2.05) is 49.4 Å². The number of rotatable bonds is 4. The van der Waals surface area contributed by atoms with Crippen molar-refractivity contribution in [1.29, 1.82) is 0 Å². The van der Waals surface area contributed by atoms with Crippen LogP contribution in [0.1, 0.15) is 29.1 Å². The van der Waals surface area contributed by atoms with Crippen molar-refractivity contribution >= 4 is 28.5 Å². The molecule has 0 bridgehead atoms. The maximum Gasteiger partial charge on any atom is 0.255 e. The highest BCUT2D eigenvalue weighted by Crippen LogP contribution is 2.26. The van der Waals surface area contributed by atoms with Crippen molar-refractivity contribution in [2.75, 3.05) is 0 Å². The molecule has 2 N–H and O–H groups in total. The Bertz CT molecular complexity index is 1030. The van der Waals surface area contributed by atoms with Gasteiger partial charge in [0, 0.05) is 16.0 Å². The van der Waals surface area contributed by atoms with Gasteiger partial charge in [-0.1, -0.05) is 41.9 Å². The predicted molar refractivity (Wildman–Crippen MR) is 101 cm³/mol. The first-order chi connectivity index (χ1) is 12.6. The number of H-pyrrole nitrogens is 1. The van der Waals surface area contributed by atoms with E-state index in [9.17, 15) is 4.79 Å². The summed E-state index contributed by atoms with van der Waals surface area (Å²) in [6, 6.07) is 16.7. The monoisotopic (exact) mass is 365 g/mol. The van der Waals surface area contributed by atoms with Gasteiger partial charge in [0.1, 0.15) is 11.3 Å². The van der Waals surface area contributed by atoms with Crippen LogP contribution in [0.4, 0.5) is 0 Å². The van der Waals surface area contributed by atoms with Gasteiger partial charge >= 0.3 is 0 Å². The molecule has 26 heavy (non-hydrogen) atoms. The van der Waals surface area contributed by atoms with Gasteiger partial charge in [0.05, 0.1) is 23.5 Å². The number of nitrogens with zero attached hydrogens (tertiary/aromatic N) is 1. The number of carbonyl (C=O) groups is 1. The Morgan fingerprint density at radius 3 is 2.73 bits per heavy atom. The highest BCUT2D eigenvalue weighted by atomic mass is 35.5. The number of hydrogen-bond acceptors (Lipinski definition) is 3. The zero-order valence-electron chi connectivity index (χ0n) is 14.0. The molecule has 0 saturated carbocycles. The topological polar surface area (TPSA) is 70.9 Å². The van der Waals surface area contributed by atoms with Crippen LogP contribution in [0.2, 0.25) is 5.02 Å². The van der Waals surface area contributed by atoms with E-state index in [-0.39, 0.29) is 11.9 Å². The van der Waals surface area contributed by atoms with Crippen LogP contribution in [0.5, 0.6) is 0 Å². The lowest BCUT2D eigenvalue weighted by Crippen LogP contribution is -2.26. The van der Waals surface area contributed by atoms with E-state index in [4.69, 9.17) is 16.0 Å². The van der Waals surface area contributed by atoms with Crippen molar-refractivity contribution in [2.24, 2.45) is 0 Å². The van der Waals surface area contributed by atoms with Gasteiger partial charge in [-0.15, -0.1) is 0 Å². The molecule has 0 radical (unpaired) electrons. The third kappa shape index (κ3) is 3.09. The van der Waals surface area contributed by atoms with Crippen LogP contribution in [0.3, 0.4) is 0 Å². The Labute approximate surface area is 155 Å². The number of aromatic amines is 1. The van der Waals surface area contributed by atoms with Gasteiger partial charge in [0.25, 0.3) is 5.91 Å². The van der Waals surface area contributed by atoms with Crippen LogP contribution in [0.15, 0.2) is 65.2 Å². The molecule has 0 spiro atoms. The first-order valence-electron chi connectivity index (χ1n) is 8.20. The molecular formula is C20H16ClN3O2. The number of aromatic nitrogens is 2. The molecule has 2 aromatic carbocycles. The number of fused-ring (bicyclic) bond motifs is 1. The number of amides is 1. The molecule has 4 rings (SSSR count). The second-order valence-corrected chi connectivity index (χ2v) is 6.48. The number of halogens is 1. The van der Waals surface area contributed by atoms with Crippen molar-refractivity contribution < 1.29 is 9.21 Å². The van der Waals surface area contributed by atoms with E-state index in [1.165, 1.54) is 6.20 Å². The molecule has 0 aliphatic heterocycles. The van der Waals surface area contributed by atoms with E-state index in [0.717, 1.165) is 16.5 Å².